The van der Waals surface area contributed by atoms with Gasteiger partial charge in [-0.1, -0.05) is 29.8 Å². The maximum absolute atomic E-state index is 13.4. The first-order valence-electron chi connectivity index (χ1n) is 8.14. The van der Waals surface area contributed by atoms with E-state index in [-0.39, 0.29) is 18.3 Å². The van der Waals surface area contributed by atoms with Crippen LogP contribution >= 0.6 is 0 Å². The van der Waals surface area contributed by atoms with Gasteiger partial charge in [0.15, 0.2) is 0 Å². The molecule has 0 atom stereocenters. The van der Waals surface area contributed by atoms with Crippen molar-refractivity contribution in [1.29, 1.82) is 0 Å². The molecule has 0 saturated heterocycles. The first-order valence-corrected chi connectivity index (χ1v) is 8.14. The fraction of sp³-hybridized carbons (Fsp3) is 0.500. The second-order valence-corrected chi connectivity index (χ2v) is 5.73. The third-order valence-corrected chi connectivity index (χ3v) is 3.97. The molecule has 2 rings (SSSR count). The van der Waals surface area contributed by atoms with Crippen molar-refractivity contribution in [2.24, 2.45) is 0 Å². The molecule has 0 spiro atoms. The number of benzene rings is 1. The number of halogens is 1. The van der Waals surface area contributed by atoms with Crippen molar-refractivity contribution in [2.45, 2.75) is 45.1 Å². The lowest BCUT2D eigenvalue weighted by atomic mass is 9.97. The Balaban J connectivity index is 1.54. The Hall–Kier alpha value is -1.68. The maximum atomic E-state index is 13.4. The minimum Gasteiger partial charge on any atom is -0.352 e. The highest BCUT2D eigenvalue weighted by molar-refractivity contribution is 5.76. The van der Waals surface area contributed by atoms with Gasteiger partial charge in [0.05, 0.1) is 0 Å². The molecule has 0 heterocycles. The molecule has 1 aromatic rings. The lowest BCUT2D eigenvalue weighted by molar-refractivity contribution is -0.121. The number of rotatable bonds is 8. The average Bonchev–Trinajstić information content (AvgIpc) is 2.55. The molecule has 1 aromatic carbocycles. The molecule has 0 fully saturated rings. The van der Waals surface area contributed by atoms with Crippen LogP contribution in [-0.4, -0.2) is 19.0 Å². The van der Waals surface area contributed by atoms with Gasteiger partial charge in [0.25, 0.3) is 0 Å². The van der Waals surface area contributed by atoms with Crippen LogP contribution in [0.1, 0.15) is 44.1 Å². The summed E-state index contributed by atoms with van der Waals surface area (Å²) in [6.45, 7) is 1.83. The molecule has 0 saturated carbocycles. The first-order chi connectivity index (χ1) is 10.8. The van der Waals surface area contributed by atoms with E-state index in [4.69, 9.17) is 0 Å². The van der Waals surface area contributed by atoms with Crippen LogP contribution in [0.15, 0.2) is 35.9 Å². The van der Waals surface area contributed by atoms with E-state index >= 15 is 0 Å². The lowest BCUT2D eigenvalue weighted by Crippen LogP contribution is -2.28. The van der Waals surface area contributed by atoms with Gasteiger partial charge >= 0.3 is 0 Å². The van der Waals surface area contributed by atoms with E-state index in [1.807, 2.05) is 0 Å². The summed E-state index contributed by atoms with van der Waals surface area (Å²) in [5.74, 6) is -0.325. The second kappa shape index (κ2) is 9.36. The summed E-state index contributed by atoms with van der Waals surface area (Å²) in [4.78, 5) is 11.7. The highest BCUT2D eigenvalue weighted by atomic mass is 19.1. The molecule has 0 bridgehead atoms. The van der Waals surface area contributed by atoms with Crippen LogP contribution in [0.4, 0.5) is 4.39 Å². The third kappa shape index (κ3) is 5.98. The molecule has 0 aliphatic heterocycles. The fourth-order valence-electron chi connectivity index (χ4n) is 2.63. The minimum atomic E-state index is -0.276. The summed E-state index contributed by atoms with van der Waals surface area (Å²) in [5, 5.41) is 6.05. The molecule has 22 heavy (non-hydrogen) atoms. The van der Waals surface area contributed by atoms with Gasteiger partial charge in [-0.05, 0) is 44.7 Å². The van der Waals surface area contributed by atoms with Crippen LogP contribution in [0, 0.1) is 5.82 Å². The fourth-order valence-corrected chi connectivity index (χ4v) is 2.63. The van der Waals surface area contributed by atoms with E-state index in [9.17, 15) is 9.18 Å². The lowest BCUT2D eigenvalue weighted by Gasteiger charge is -2.13. The zero-order valence-corrected chi connectivity index (χ0v) is 13.0. The van der Waals surface area contributed by atoms with Crippen LogP contribution in [0.2, 0.25) is 0 Å². The van der Waals surface area contributed by atoms with E-state index < -0.39 is 0 Å². The van der Waals surface area contributed by atoms with Crippen molar-refractivity contribution < 1.29 is 9.18 Å². The Kier molecular flexibility index (Phi) is 7.10. The highest BCUT2D eigenvalue weighted by Gasteiger charge is 2.05. The van der Waals surface area contributed by atoms with Crippen molar-refractivity contribution in [3.63, 3.8) is 0 Å². The minimum absolute atomic E-state index is 0.0485. The van der Waals surface area contributed by atoms with Gasteiger partial charge in [0.2, 0.25) is 5.91 Å². The van der Waals surface area contributed by atoms with Gasteiger partial charge in [-0.2, -0.15) is 0 Å². The highest BCUT2D eigenvalue weighted by Crippen LogP contribution is 2.19. The van der Waals surface area contributed by atoms with Crippen LogP contribution in [-0.2, 0) is 11.3 Å². The molecule has 0 aromatic heterocycles. The van der Waals surface area contributed by atoms with Crippen molar-refractivity contribution in [1.82, 2.24) is 10.6 Å². The molecule has 2 N–H and O–H groups in total. The number of nitrogens with one attached hydrogen (secondary N) is 2. The van der Waals surface area contributed by atoms with Crippen LogP contribution in [0.3, 0.4) is 0 Å². The van der Waals surface area contributed by atoms with E-state index in [0.29, 0.717) is 18.5 Å². The molecule has 1 aliphatic rings. The van der Waals surface area contributed by atoms with Crippen molar-refractivity contribution in [3.05, 3.63) is 47.3 Å². The smallest absolute Gasteiger partial charge is 0.221 e. The van der Waals surface area contributed by atoms with Gasteiger partial charge in [-0.25, -0.2) is 4.39 Å². The Bertz CT molecular complexity index is 514. The van der Waals surface area contributed by atoms with Gasteiger partial charge in [0.1, 0.15) is 5.82 Å². The summed E-state index contributed by atoms with van der Waals surface area (Å²) in [5.41, 5.74) is 2.07. The third-order valence-electron chi connectivity index (χ3n) is 3.97. The summed E-state index contributed by atoms with van der Waals surface area (Å²) < 4.78 is 13.4. The summed E-state index contributed by atoms with van der Waals surface area (Å²) >= 11 is 0. The summed E-state index contributed by atoms with van der Waals surface area (Å²) in [6, 6.07) is 6.51. The normalized spacial score (nSPS) is 14.5. The number of hydrogen-bond acceptors (Lipinski definition) is 2. The van der Waals surface area contributed by atoms with Crippen molar-refractivity contribution in [3.8, 4) is 0 Å². The van der Waals surface area contributed by atoms with E-state index in [1.54, 1.807) is 23.8 Å². The Morgan fingerprint density at radius 3 is 2.82 bits per heavy atom. The molecule has 4 heteroatoms. The zero-order chi connectivity index (χ0) is 15.6. The quantitative estimate of drug-likeness (QED) is 0.571. The molecule has 3 nitrogen and oxygen atoms in total. The zero-order valence-electron chi connectivity index (χ0n) is 13.0. The topological polar surface area (TPSA) is 41.1 Å². The standard InChI is InChI=1S/C18H25FN2O/c19-17-9-5-4-8-16(17)14-21-18(22)11-13-20-12-10-15-6-2-1-3-7-15/h4-6,8-9,20H,1-3,7,10-14H2,(H,21,22). The molecular formula is C18H25FN2O. The Morgan fingerprint density at radius 1 is 1.18 bits per heavy atom. The number of carbonyl (C=O) groups is 1. The molecule has 1 amide bonds. The Labute approximate surface area is 132 Å². The largest absolute Gasteiger partial charge is 0.352 e. The van der Waals surface area contributed by atoms with Crippen molar-refractivity contribution in [2.75, 3.05) is 13.1 Å². The van der Waals surface area contributed by atoms with Crippen molar-refractivity contribution >= 4 is 5.91 Å². The van der Waals surface area contributed by atoms with Crippen LogP contribution in [0.25, 0.3) is 0 Å². The van der Waals surface area contributed by atoms with Crippen LogP contribution in [0.5, 0.6) is 0 Å². The predicted molar refractivity (Wildman–Crippen MR) is 86.9 cm³/mol. The molecule has 1 aliphatic carbocycles. The molecule has 120 valence electrons. The van der Waals surface area contributed by atoms with Gasteiger partial charge in [0, 0.05) is 25.1 Å². The predicted octanol–water partition coefficient (Wildman–Crippen LogP) is 3.31. The number of allylic oxidation sites excluding steroid dienone is 1. The van der Waals surface area contributed by atoms with Gasteiger partial charge in [-0.15, -0.1) is 0 Å². The molecule has 0 radical (unpaired) electrons. The van der Waals surface area contributed by atoms with Gasteiger partial charge < -0.3 is 10.6 Å². The van der Waals surface area contributed by atoms with E-state index in [1.165, 1.54) is 31.7 Å². The van der Waals surface area contributed by atoms with Crippen LogP contribution < -0.4 is 10.6 Å². The monoisotopic (exact) mass is 304 g/mol. The summed E-state index contributed by atoms with van der Waals surface area (Å²) in [6.07, 6.45) is 8.93. The number of hydrogen-bond donors (Lipinski definition) is 2. The van der Waals surface area contributed by atoms with E-state index in [2.05, 4.69) is 16.7 Å². The number of amides is 1. The maximum Gasteiger partial charge on any atom is 0.221 e. The second-order valence-electron chi connectivity index (χ2n) is 5.73. The molecular weight excluding hydrogens is 279 g/mol. The Morgan fingerprint density at radius 2 is 2.05 bits per heavy atom. The SMILES string of the molecule is O=C(CCNCCC1=CCCCC1)NCc1ccccc1F. The van der Waals surface area contributed by atoms with Gasteiger partial charge in [-0.3, -0.25) is 4.79 Å². The van der Waals surface area contributed by atoms with E-state index in [0.717, 1.165) is 13.0 Å². The average molecular weight is 304 g/mol. The summed E-state index contributed by atoms with van der Waals surface area (Å²) in [7, 11) is 0. The molecule has 0 unspecified atom stereocenters. The number of carbonyl (C=O) groups excluding carboxylic acids is 1. The first kappa shape index (κ1) is 16.7.